The highest BCUT2D eigenvalue weighted by atomic mass is 35.5. The zero-order valence-corrected chi connectivity index (χ0v) is 12.1. The van der Waals surface area contributed by atoms with Crippen molar-refractivity contribution >= 4 is 21.6 Å². The Hall–Kier alpha value is -0.980. The predicted molar refractivity (Wildman–Crippen MR) is 73.1 cm³/mol. The molecule has 1 aliphatic heterocycles. The molecule has 0 aliphatic carbocycles. The predicted octanol–water partition coefficient (Wildman–Crippen LogP) is 1.71. The van der Waals surface area contributed by atoms with Crippen molar-refractivity contribution in [3.05, 3.63) is 23.8 Å². The molecule has 1 N–H and O–H groups in total. The molecule has 106 valence electrons. The Morgan fingerprint density at radius 1 is 1.37 bits per heavy atom. The third kappa shape index (κ3) is 3.99. The first-order chi connectivity index (χ1) is 9.00. The molecule has 0 saturated carbocycles. The number of sulfonamides is 1. The lowest BCUT2D eigenvalue weighted by Crippen LogP contribution is -2.29. The van der Waals surface area contributed by atoms with Crippen molar-refractivity contribution in [2.24, 2.45) is 5.92 Å². The number of benzene rings is 1. The van der Waals surface area contributed by atoms with E-state index in [9.17, 15) is 8.42 Å². The van der Waals surface area contributed by atoms with Crippen LogP contribution in [-0.2, 0) is 16.6 Å². The lowest BCUT2D eigenvalue weighted by Gasteiger charge is -2.10. The molecule has 0 fully saturated rings. The van der Waals surface area contributed by atoms with E-state index >= 15 is 0 Å². The summed E-state index contributed by atoms with van der Waals surface area (Å²) in [7, 11) is -3.31. The van der Waals surface area contributed by atoms with Gasteiger partial charge in [-0.3, -0.25) is 0 Å². The fourth-order valence-corrected chi connectivity index (χ4v) is 3.33. The van der Waals surface area contributed by atoms with Crippen LogP contribution in [0.1, 0.15) is 12.5 Å². The van der Waals surface area contributed by atoms with Gasteiger partial charge in [0.25, 0.3) is 0 Å². The highest BCUT2D eigenvalue weighted by Crippen LogP contribution is 2.32. The zero-order valence-electron chi connectivity index (χ0n) is 10.6. The fourth-order valence-electron chi connectivity index (χ4n) is 1.72. The number of fused-ring (bicyclic) bond motifs is 1. The number of nitrogens with one attached hydrogen (secondary N) is 1. The van der Waals surface area contributed by atoms with E-state index in [1.807, 2.05) is 0 Å². The number of ether oxygens (including phenoxy) is 2. The van der Waals surface area contributed by atoms with Gasteiger partial charge >= 0.3 is 0 Å². The summed E-state index contributed by atoms with van der Waals surface area (Å²) in [5, 5.41) is 0. The van der Waals surface area contributed by atoms with Crippen LogP contribution in [0.25, 0.3) is 0 Å². The van der Waals surface area contributed by atoms with Gasteiger partial charge in [-0.2, -0.15) is 0 Å². The van der Waals surface area contributed by atoms with Crippen LogP contribution < -0.4 is 14.2 Å². The Bertz CT molecular complexity index is 547. The summed E-state index contributed by atoms with van der Waals surface area (Å²) in [6.07, 6.45) is 0. The molecule has 0 spiro atoms. The second kappa shape index (κ2) is 5.98. The maximum Gasteiger partial charge on any atom is 0.231 e. The summed E-state index contributed by atoms with van der Waals surface area (Å²) in [4.78, 5) is 0. The number of halogens is 1. The van der Waals surface area contributed by atoms with Crippen LogP contribution in [0.5, 0.6) is 11.5 Å². The maximum absolute atomic E-state index is 11.8. The number of hydrogen-bond donors (Lipinski definition) is 1. The van der Waals surface area contributed by atoms with Gasteiger partial charge in [-0.15, -0.1) is 11.6 Å². The molecule has 1 heterocycles. The normalized spacial score (nSPS) is 15.5. The van der Waals surface area contributed by atoms with Gasteiger partial charge in [-0.05, 0) is 23.6 Å². The molecule has 1 atom stereocenters. The van der Waals surface area contributed by atoms with Crippen molar-refractivity contribution in [1.82, 2.24) is 4.72 Å². The SMILES string of the molecule is CC(CCl)CS(=O)(=O)NCc1ccc2c(c1)OCO2. The molecule has 0 aromatic heterocycles. The van der Waals surface area contributed by atoms with Crippen LogP contribution >= 0.6 is 11.6 Å². The smallest absolute Gasteiger partial charge is 0.231 e. The summed E-state index contributed by atoms with van der Waals surface area (Å²) >= 11 is 5.62. The van der Waals surface area contributed by atoms with E-state index in [1.54, 1.807) is 25.1 Å². The molecule has 0 bridgehead atoms. The molecule has 5 nitrogen and oxygen atoms in total. The van der Waals surface area contributed by atoms with E-state index in [0.29, 0.717) is 17.4 Å². The summed E-state index contributed by atoms with van der Waals surface area (Å²) in [5.74, 6) is 1.61. The Labute approximate surface area is 117 Å². The van der Waals surface area contributed by atoms with Crippen LogP contribution in [0.3, 0.4) is 0 Å². The van der Waals surface area contributed by atoms with Gasteiger partial charge < -0.3 is 9.47 Å². The van der Waals surface area contributed by atoms with Crippen LogP contribution in [0, 0.1) is 5.92 Å². The highest BCUT2D eigenvalue weighted by Gasteiger charge is 2.16. The van der Waals surface area contributed by atoms with Crippen LogP contribution in [-0.4, -0.2) is 26.8 Å². The van der Waals surface area contributed by atoms with E-state index in [4.69, 9.17) is 21.1 Å². The van der Waals surface area contributed by atoms with Crippen molar-refractivity contribution in [3.8, 4) is 11.5 Å². The molecule has 0 saturated heterocycles. The van der Waals surface area contributed by atoms with E-state index in [0.717, 1.165) is 5.56 Å². The van der Waals surface area contributed by atoms with Gasteiger partial charge in [0.1, 0.15) is 0 Å². The number of hydrogen-bond acceptors (Lipinski definition) is 4. The topological polar surface area (TPSA) is 64.6 Å². The molecule has 2 rings (SSSR count). The first-order valence-corrected chi connectivity index (χ1v) is 8.10. The Morgan fingerprint density at radius 2 is 2.11 bits per heavy atom. The maximum atomic E-state index is 11.8. The number of rotatable bonds is 6. The van der Waals surface area contributed by atoms with Crippen LogP contribution in [0.15, 0.2) is 18.2 Å². The fraction of sp³-hybridized carbons (Fsp3) is 0.500. The van der Waals surface area contributed by atoms with Crippen molar-refractivity contribution in [3.63, 3.8) is 0 Å². The molecule has 19 heavy (non-hydrogen) atoms. The Kier molecular flexibility index (Phi) is 4.54. The van der Waals surface area contributed by atoms with Gasteiger partial charge in [0.2, 0.25) is 16.8 Å². The van der Waals surface area contributed by atoms with E-state index in [2.05, 4.69) is 4.72 Å². The van der Waals surface area contributed by atoms with Crippen LogP contribution in [0.2, 0.25) is 0 Å². The molecule has 1 aliphatic rings. The summed E-state index contributed by atoms with van der Waals surface area (Å²) in [5.41, 5.74) is 0.825. The third-order valence-corrected chi connectivity index (χ3v) is 4.82. The molecule has 0 amide bonds. The van der Waals surface area contributed by atoms with Crippen LogP contribution in [0.4, 0.5) is 0 Å². The molecule has 1 unspecified atom stereocenters. The van der Waals surface area contributed by atoms with E-state index < -0.39 is 10.0 Å². The minimum absolute atomic E-state index is 0.0288. The summed E-state index contributed by atoms with van der Waals surface area (Å²) in [6, 6.07) is 5.35. The summed E-state index contributed by atoms with van der Waals surface area (Å²) in [6.45, 7) is 2.23. The largest absolute Gasteiger partial charge is 0.454 e. The average molecular weight is 306 g/mol. The molecular weight excluding hydrogens is 290 g/mol. The number of alkyl halides is 1. The van der Waals surface area contributed by atoms with Crippen molar-refractivity contribution in [2.45, 2.75) is 13.5 Å². The van der Waals surface area contributed by atoms with Gasteiger partial charge in [0, 0.05) is 12.4 Å². The van der Waals surface area contributed by atoms with Gasteiger partial charge in [0.05, 0.1) is 5.75 Å². The van der Waals surface area contributed by atoms with Crippen molar-refractivity contribution in [1.29, 1.82) is 0 Å². The van der Waals surface area contributed by atoms with Gasteiger partial charge in [-0.25, -0.2) is 13.1 Å². The highest BCUT2D eigenvalue weighted by molar-refractivity contribution is 7.89. The Morgan fingerprint density at radius 3 is 2.84 bits per heavy atom. The average Bonchev–Trinajstić information content (AvgIpc) is 2.83. The monoisotopic (exact) mass is 305 g/mol. The quantitative estimate of drug-likeness (QED) is 0.813. The third-order valence-electron chi connectivity index (χ3n) is 2.70. The summed E-state index contributed by atoms with van der Waals surface area (Å²) < 4.78 is 36.5. The standard InChI is InChI=1S/C12H16ClNO4S/c1-9(5-13)7-19(15,16)14-6-10-2-3-11-12(4-10)18-8-17-11/h2-4,9,14H,5-8H2,1H3. The second-order valence-electron chi connectivity index (χ2n) is 4.55. The Balaban J connectivity index is 1.95. The second-order valence-corrected chi connectivity index (χ2v) is 6.71. The molecule has 7 heteroatoms. The molecule has 1 aromatic rings. The molecule has 0 radical (unpaired) electrons. The van der Waals surface area contributed by atoms with E-state index in [-0.39, 0.29) is 25.0 Å². The zero-order chi connectivity index (χ0) is 13.9. The van der Waals surface area contributed by atoms with Crippen molar-refractivity contribution < 1.29 is 17.9 Å². The first kappa shape index (κ1) is 14.4. The lowest BCUT2D eigenvalue weighted by molar-refractivity contribution is 0.174. The minimum atomic E-state index is -3.31. The first-order valence-electron chi connectivity index (χ1n) is 5.92. The molecular formula is C12H16ClNO4S. The van der Waals surface area contributed by atoms with Crippen molar-refractivity contribution in [2.75, 3.05) is 18.4 Å². The van der Waals surface area contributed by atoms with E-state index in [1.165, 1.54) is 0 Å². The molecule has 1 aromatic carbocycles. The van der Waals surface area contributed by atoms with Gasteiger partial charge in [0.15, 0.2) is 11.5 Å². The van der Waals surface area contributed by atoms with Gasteiger partial charge in [-0.1, -0.05) is 13.0 Å². The lowest BCUT2D eigenvalue weighted by atomic mass is 10.2. The minimum Gasteiger partial charge on any atom is -0.454 e.